The molecule has 0 radical (unpaired) electrons. The summed E-state index contributed by atoms with van der Waals surface area (Å²) < 4.78 is 0. The van der Waals surface area contributed by atoms with Crippen LogP contribution in [0, 0.1) is 22.0 Å². The lowest BCUT2D eigenvalue weighted by Crippen LogP contribution is -2.52. The van der Waals surface area contributed by atoms with E-state index in [-0.39, 0.29) is 16.5 Å². The summed E-state index contributed by atoms with van der Waals surface area (Å²) in [5.41, 5.74) is 1.09. The Bertz CT molecular complexity index is 770. The molecule has 1 aromatic carbocycles. The molecule has 3 heterocycles. The second-order valence-electron chi connectivity index (χ2n) is 9.87. The third kappa shape index (κ3) is 5.98. The van der Waals surface area contributed by atoms with Crippen molar-refractivity contribution < 1.29 is 9.72 Å². The summed E-state index contributed by atoms with van der Waals surface area (Å²) in [5, 5.41) is 10.8. The summed E-state index contributed by atoms with van der Waals surface area (Å²) in [7, 11) is 0. The Morgan fingerprint density at radius 3 is 2.31 bits per heavy atom. The lowest BCUT2D eigenvalue weighted by Gasteiger charge is -2.39. The Morgan fingerprint density at radius 2 is 1.66 bits per heavy atom. The van der Waals surface area contributed by atoms with Gasteiger partial charge in [-0.15, -0.1) is 0 Å². The van der Waals surface area contributed by atoms with Crippen LogP contribution in [0.5, 0.6) is 0 Å². The summed E-state index contributed by atoms with van der Waals surface area (Å²) in [6, 6.07) is 6.69. The average Bonchev–Trinajstić information content (AvgIpc) is 2.81. The number of piperazine rings is 1. The summed E-state index contributed by atoms with van der Waals surface area (Å²) in [4.78, 5) is 32.6. The van der Waals surface area contributed by atoms with E-state index >= 15 is 0 Å². The van der Waals surface area contributed by atoms with Crippen LogP contribution in [0.4, 0.5) is 11.4 Å². The maximum Gasteiger partial charge on any atom is 0.269 e. The van der Waals surface area contributed by atoms with Gasteiger partial charge in [0.25, 0.3) is 5.69 Å². The van der Waals surface area contributed by atoms with Crippen molar-refractivity contribution in [3.8, 4) is 0 Å². The molecule has 0 bridgehead atoms. The lowest BCUT2D eigenvalue weighted by atomic mass is 9.94. The minimum Gasteiger partial charge on any atom is -0.368 e. The highest BCUT2D eigenvalue weighted by Crippen LogP contribution is 2.23. The fourth-order valence-corrected chi connectivity index (χ4v) is 5.34. The Hall–Kier alpha value is -2.19. The fraction of sp³-hybridized carbons (Fsp3) is 0.708. The number of carbonyl (C=O) groups excluding carboxylic acids is 1. The van der Waals surface area contributed by atoms with Gasteiger partial charge in [0.05, 0.1) is 11.5 Å². The summed E-state index contributed by atoms with van der Waals surface area (Å²) in [5.74, 6) is 1.79. The summed E-state index contributed by atoms with van der Waals surface area (Å²) in [6.07, 6.45) is 5.11. The number of non-ortho nitro benzene ring substituents is 1. The molecule has 3 aliphatic rings. The van der Waals surface area contributed by atoms with Crippen LogP contribution in [-0.4, -0.2) is 91.0 Å². The van der Waals surface area contributed by atoms with Crippen molar-refractivity contribution in [2.45, 2.75) is 32.6 Å². The molecule has 4 rings (SSSR count). The number of amides is 1. The topological polar surface area (TPSA) is 73.2 Å². The SMILES string of the molecule is CC1CCN(CC2CCCN(CC(=O)N3CCN(c4ccc([N+](=O)[O-])cc4)CC3)C2)CC1. The number of hydrogen-bond acceptors (Lipinski definition) is 6. The zero-order chi connectivity index (χ0) is 22.5. The van der Waals surface area contributed by atoms with Gasteiger partial charge >= 0.3 is 0 Å². The van der Waals surface area contributed by atoms with Gasteiger partial charge in [-0.2, -0.15) is 0 Å². The van der Waals surface area contributed by atoms with Crippen molar-refractivity contribution in [1.29, 1.82) is 0 Å². The molecule has 0 spiro atoms. The smallest absolute Gasteiger partial charge is 0.269 e. The molecule has 1 aromatic rings. The molecule has 1 unspecified atom stereocenters. The second kappa shape index (κ2) is 10.6. The van der Waals surface area contributed by atoms with Gasteiger partial charge in [-0.25, -0.2) is 0 Å². The van der Waals surface area contributed by atoms with E-state index in [1.54, 1.807) is 24.3 Å². The van der Waals surface area contributed by atoms with Crippen LogP contribution >= 0.6 is 0 Å². The highest BCUT2D eigenvalue weighted by atomic mass is 16.6. The van der Waals surface area contributed by atoms with Crippen molar-refractivity contribution in [2.24, 2.45) is 11.8 Å². The van der Waals surface area contributed by atoms with E-state index in [9.17, 15) is 14.9 Å². The molecule has 0 saturated carbocycles. The van der Waals surface area contributed by atoms with Crippen LogP contribution in [0.2, 0.25) is 0 Å². The van der Waals surface area contributed by atoms with Gasteiger partial charge in [-0.1, -0.05) is 6.92 Å². The first-order chi connectivity index (χ1) is 15.5. The first-order valence-corrected chi connectivity index (χ1v) is 12.2. The van der Waals surface area contributed by atoms with E-state index in [0.717, 1.165) is 37.8 Å². The first kappa shape index (κ1) is 23.0. The normalized spacial score (nSPS) is 24.0. The van der Waals surface area contributed by atoms with Gasteiger partial charge in [0.15, 0.2) is 0 Å². The lowest BCUT2D eigenvalue weighted by molar-refractivity contribution is -0.384. The standard InChI is InChI=1S/C24H37N5O3/c1-20-8-11-25(12-9-20)17-21-3-2-10-26(18-21)19-24(30)28-15-13-27(14-16-28)22-4-6-23(7-5-22)29(31)32/h4-7,20-21H,2-3,8-19H2,1H3. The number of likely N-dealkylation sites (tertiary alicyclic amines) is 2. The van der Waals surface area contributed by atoms with Crippen molar-refractivity contribution in [3.63, 3.8) is 0 Å². The second-order valence-corrected chi connectivity index (χ2v) is 9.87. The van der Waals surface area contributed by atoms with Gasteiger partial charge in [-0.3, -0.25) is 19.8 Å². The van der Waals surface area contributed by atoms with Crippen molar-refractivity contribution in [3.05, 3.63) is 34.4 Å². The first-order valence-electron chi connectivity index (χ1n) is 12.2. The maximum atomic E-state index is 12.9. The molecule has 1 amide bonds. The van der Waals surface area contributed by atoms with E-state index in [1.807, 2.05) is 4.90 Å². The molecule has 32 heavy (non-hydrogen) atoms. The highest BCUT2D eigenvalue weighted by Gasteiger charge is 2.27. The highest BCUT2D eigenvalue weighted by molar-refractivity contribution is 5.78. The molecule has 1 atom stereocenters. The minimum atomic E-state index is -0.376. The van der Waals surface area contributed by atoms with E-state index in [0.29, 0.717) is 25.6 Å². The van der Waals surface area contributed by atoms with Crippen molar-refractivity contribution >= 4 is 17.3 Å². The van der Waals surface area contributed by atoms with Gasteiger partial charge in [0.2, 0.25) is 5.91 Å². The number of nitro groups is 1. The molecular weight excluding hydrogens is 406 g/mol. The Kier molecular flexibility index (Phi) is 7.63. The minimum absolute atomic E-state index is 0.109. The number of nitrogens with zero attached hydrogens (tertiary/aromatic N) is 5. The monoisotopic (exact) mass is 443 g/mol. The predicted octanol–water partition coefficient (Wildman–Crippen LogP) is 2.69. The van der Waals surface area contributed by atoms with E-state index in [2.05, 4.69) is 21.6 Å². The maximum absolute atomic E-state index is 12.9. The third-order valence-electron chi connectivity index (χ3n) is 7.41. The Balaban J connectivity index is 1.21. The van der Waals surface area contributed by atoms with Crippen molar-refractivity contribution in [1.82, 2.24) is 14.7 Å². The van der Waals surface area contributed by atoms with Crippen molar-refractivity contribution in [2.75, 3.05) is 70.3 Å². The van der Waals surface area contributed by atoms with Crippen LogP contribution < -0.4 is 4.90 Å². The summed E-state index contributed by atoms with van der Waals surface area (Å²) in [6.45, 7) is 11.6. The van der Waals surface area contributed by atoms with Crippen LogP contribution in [0.15, 0.2) is 24.3 Å². The van der Waals surface area contributed by atoms with E-state index in [4.69, 9.17) is 0 Å². The average molecular weight is 444 g/mol. The molecule has 0 N–H and O–H groups in total. The molecule has 8 nitrogen and oxygen atoms in total. The number of rotatable bonds is 6. The molecule has 3 aliphatic heterocycles. The molecule has 3 fully saturated rings. The van der Waals surface area contributed by atoms with Gasteiger partial charge in [0.1, 0.15) is 0 Å². The number of carbonyl (C=O) groups is 1. The quantitative estimate of drug-likeness (QED) is 0.497. The Labute approximate surface area is 191 Å². The van der Waals surface area contributed by atoms with Gasteiger partial charge in [0, 0.05) is 57.1 Å². The van der Waals surface area contributed by atoms with Crippen LogP contribution in [0.1, 0.15) is 32.6 Å². The van der Waals surface area contributed by atoms with Crippen LogP contribution in [0.3, 0.4) is 0 Å². The Morgan fingerprint density at radius 1 is 0.969 bits per heavy atom. The predicted molar refractivity (Wildman–Crippen MR) is 126 cm³/mol. The zero-order valence-corrected chi connectivity index (χ0v) is 19.3. The molecule has 176 valence electrons. The fourth-order valence-electron chi connectivity index (χ4n) is 5.34. The number of benzene rings is 1. The van der Waals surface area contributed by atoms with Crippen LogP contribution in [0.25, 0.3) is 0 Å². The van der Waals surface area contributed by atoms with Gasteiger partial charge < -0.3 is 14.7 Å². The zero-order valence-electron chi connectivity index (χ0n) is 19.3. The third-order valence-corrected chi connectivity index (χ3v) is 7.41. The molecule has 0 aromatic heterocycles. The number of nitro benzene ring substituents is 1. The number of hydrogen-bond donors (Lipinski definition) is 0. The molecule has 0 aliphatic carbocycles. The molecular formula is C24H37N5O3. The largest absolute Gasteiger partial charge is 0.368 e. The van der Waals surface area contributed by atoms with Crippen LogP contribution in [-0.2, 0) is 4.79 Å². The summed E-state index contributed by atoms with van der Waals surface area (Å²) >= 11 is 0. The number of piperidine rings is 2. The molecule has 8 heteroatoms. The number of anilines is 1. The van der Waals surface area contributed by atoms with E-state index in [1.165, 1.54) is 45.3 Å². The molecule has 3 saturated heterocycles. The van der Waals surface area contributed by atoms with E-state index < -0.39 is 0 Å². The van der Waals surface area contributed by atoms with Gasteiger partial charge in [-0.05, 0) is 69.3 Å².